The zero-order chi connectivity index (χ0) is 31.0. The van der Waals surface area contributed by atoms with Crippen molar-refractivity contribution in [3.8, 4) is 5.75 Å². The van der Waals surface area contributed by atoms with Crippen LogP contribution in [0.1, 0.15) is 59.3 Å². The summed E-state index contributed by atoms with van der Waals surface area (Å²) < 4.78 is 65.8. The highest BCUT2D eigenvalue weighted by molar-refractivity contribution is 7.89. The molecule has 1 unspecified atom stereocenters. The molecule has 2 fully saturated rings. The number of amidine groups is 1. The van der Waals surface area contributed by atoms with Gasteiger partial charge in [0.15, 0.2) is 11.6 Å². The molecular formula is C31H43F2N5O4S. The van der Waals surface area contributed by atoms with Gasteiger partial charge in [-0.2, -0.15) is 4.31 Å². The molecule has 12 heteroatoms. The standard InChI is InChI=1S/C31H43F2N5O4S/c1-4-26(23(19-34)20-35-30-8-6-7-17-41-30)31(36-28-13-16-38(21-22(28)3)43(39,40)5-2)37-14-11-25(12-15-37)42-29-10-9-24(32)18-27(29)33/h4,9-10,18-20,25,30H,5-8,11-17,21,34H2,1-3H3/b23-19+,26-4+,35-20+,36-31?. The Labute approximate surface area is 253 Å². The number of aliphatic imine (C=N–C) groups is 2. The molecule has 0 spiro atoms. The molecule has 1 aromatic carbocycles. The molecule has 0 saturated carbocycles. The quantitative estimate of drug-likeness (QED) is 0.239. The normalized spacial score (nSPS) is 22.5. The van der Waals surface area contributed by atoms with Crippen molar-refractivity contribution in [1.82, 2.24) is 9.21 Å². The SMILES string of the molecule is C\C=C(C(=NC1=C(C)CN(S(=O)(=O)CC)CC1)N1CCC(Oc2ccc(F)cc2F)CC1)/C(=C/N)/C=N/C1CCCCO1. The van der Waals surface area contributed by atoms with Crippen LogP contribution in [0.15, 0.2) is 62.9 Å². The number of halogens is 2. The summed E-state index contributed by atoms with van der Waals surface area (Å²) in [4.78, 5) is 12.0. The van der Waals surface area contributed by atoms with Crippen LogP contribution in [-0.4, -0.2) is 80.5 Å². The molecule has 4 rings (SSSR count). The van der Waals surface area contributed by atoms with Crippen molar-refractivity contribution < 1.29 is 26.7 Å². The summed E-state index contributed by atoms with van der Waals surface area (Å²) in [6.45, 7) is 7.99. The predicted molar refractivity (Wildman–Crippen MR) is 165 cm³/mol. The Morgan fingerprint density at radius 2 is 1.95 bits per heavy atom. The van der Waals surface area contributed by atoms with Gasteiger partial charge in [-0.25, -0.2) is 22.2 Å². The zero-order valence-electron chi connectivity index (χ0n) is 25.3. The zero-order valence-corrected chi connectivity index (χ0v) is 26.1. The molecule has 0 aliphatic carbocycles. The van der Waals surface area contributed by atoms with Gasteiger partial charge >= 0.3 is 0 Å². The van der Waals surface area contributed by atoms with Crippen LogP contribution in [0.25, 0.3) is 0 Å². The highest BCUT2D eigenvalue weighted by Gasteiger charge is 2.29. The minimum Gasteiger partial charge on any atom is -0.487 e. The van der Waals surface area contributed by atoms with Gasteiger partial charge in [0.1, 0.15) is 24.0 Å². The first-order valence-electron chi connectivity index (χ1n) is 15.0. The van der Waals surface area contributed by atoms with Crippen LogP contribution in [0, 0.1) is 11.6 Å². The predicted octanol–water partition coefficient (Wildman–Crippen LogP) is 4.92. The number of nitrogens with zero attached hydrogens (tertiary/aromatic N) is 4. The molecule has 236 valence electrons. The fraction of sp³-hybridized carbons (Fsp3) is 0.548. The number of rotatable bonds is 9. The Morgan fingerprint density at radius 3 is 2.56 bits per heavy atom. The number of allylic oxidation sites excluding steroid dienone is 1. The van der Waals surface area contributed by atoms with Crippen LogP contribution in [-0.2, 0) is 14.8 Å². The van der Waals surface area contributed by atoms with E-state index in [4.69, 9.17) is 20.2 Å². The third-order valence-electron chi connectivity index (χ3n) is 7.99. The van der Waals surface area contributed by atoms with Crippen molar-refractivity contribution in [1.29, 1.82) is 0 Å². The van der Waals surface area contributed by atoms with Crippen LogP contribution in [0.3, 0.4) is 0 Å². The summed E-state index contributed by atoms with van der Waals surface area (Å²) in [5.41, 5.74) is 9.36. The number of likely N-dealkylation sites (tertiary alicyclic amines) is 1. The van der Waals surface area contributed by atoms with E-state index in [1.165, 1.54) is 22.6 Å². The minimum absolute atomic E-state index is 0.0342. The lowest BCUT2D eigenvalue weighted by Gasteiger charge is -2.36. The molecule has 9 nitrogen and oxygen atoms in total. The van der Waals surface area contributed by atoms with Crippen molar-refractivity contribution in [2.45, 2.75) is 71.6 Å². The van der Waals surface area contributed by atoms with Gasteiger partial charge in [0.2, 0.25) is 10.0 Å². The third-order valence-corrected chi connectivity index (χ3v) is 9.82. The van der Waals surface area contributed by atoms with Gasteiger partial charge in [-0.05, 0) is 57.7 Å². The number of sulfonamides is 1. The van der Waals surface area contributed by atoms with E-state index in [9.17, 15) is 17.2 Å². The first-order chi connectivity index (χ1) is 20.6. The van der Waals surface area contributed by atoms with Crippen LogP contribution >= 0.6 is 0 Å². The smallest absolute Gasteiger partial charge is 0.214 e. The third kappa shape index (κ3) is 8.51. The maximum atomic E-state index is 14.2. The van der Waals surface area contributed by atoms with Gasteiger partial charge in [-0.1, -0.05) is 6.08 Å². The average molecular weight is 620 g/mol. The Bertz CT molecular complexity index is 1390. The molecule has 0 aromatic heterocycles. The number of benzene rings is 1. The molecule has 43 heavy (non-hydrogen) atoms. The Balaban J connectivity index is 1.60. The molecule has 3 aliphatic heterocycles. The molecule has 3 heterocycles. The Morgan fingerprint density at radius 1 is 1.19 bits per heavy atom. The van der Waals surface area contributed by atoms with Gasteiger partial charge in [0, 0.05) is 87.4 Å². The number of hydrogen-bond donors (Lipinski definition) is 1. The molecule has 0 amide bonds. The molecular weight excluding hydrogens is 576 g/mol. The molecule has 1 aromatic rings. The highest BCUT2D eigenvalue weighted by atomic mass is 32.2. The van der Waals surface area contributed by atoms with Gasteiger partial charge in [-0.3, -0.25) is 4.99 Å². The van der Waals surface area contributed by atoms with Gasteiger partial charge in [0.25, 0.3) is 0 Å². The van der Waals surface area contributed by atoms with E-state index in [1.807, 2.05) is 19.9 Å². The number of piperidine rings is 1. The molecule has 3 aliphatic rings. The summed E-state index contributed by atoms with van der Waals surface area (Å²) in [6.07, 6.45) is 9.37. The van der Waals surface area contributed by atoms with E-state index in [0.717, 1.165) is 42.2 Å². The van der Waals surface area contributed by atoms with Gasteiger partial charge < -0.3 is 20.1 Å². The monoisotopic (exact) mass is 619 g/mol. The summed E-state index contributed by atoms with van der Waals surface area (Å²) in [6, 6.07) is 3.32. The van der Waals surface area contributed by atoms with E-state index in [-0.39, 0.29) is 23.8 Å². The van der Waals surface area contributed by atoms with Crippen LogP contribution in [0.4, 0.5) is 8.78 Å². The van der Waals surface area contributed by atoms with E-state index in [1.54, 1.807) is 13.1 Å². The number of hydrogen-bond acceptors (Lipinski definition) is 7. The Kier molecular flexibility index (Phi) is 11.5. The summed E-state index contributed by atoms with van der Waals surface area (Å²) in [7, 11) is -3.31. The lowest BCUT2D eigenvalue weighted by atomic mass is 10.0. The lowest BCUT2D eigenvalue weighted by molar-refractivity contribution is 0.0227. The van der Waals surface area contributed by atoms with Gasteiger partial charge in [0.05, 0.1) is 5.75 Å². The fourth-order valence-electron chi connectivity index (χ4n) is 5.45. The highest BCUT2D eigenvalue weighted by Crippen LogP contribution is 2.28. The molecule has 0 radical (unpaired) electrons. The van der Waals surface area contributed by atoms with Crippen LogP contribution < -0.4 is 10.5 Å². The molecule has 2 saturated heterocycles. The first-order valence-corrected chi connectivity index (χ1v) is 16.6. The molecule has 0 bridgehead atoms. The number of ether oxygens (including phenoxy) is 2. The van der Waals surface area contributed by atoms with E-state index in [2.05, 4.69) is 9.89 Å². The fourth-order valence-corrected chi connectivity index (χ4v) is 6.57. The summed E-state index contributed by atoms with van der Waals surface area (Å²) >= 11 is 0. The second-order valence-corrected chi connectivity index (χ2v) is 13.2. The summed E-state index contributed by atoms with van der Waals surface area (Å²) in [5, 5.41) is 0. The summed E-state index contributed by atoms with van der Waals surface area (Å²) in [5.74, 6) is -0.571. The number of nitrogens with two attached hydrogens (primary N) is 1. The minimum atomic E-state index is -3.31. The largest absolute Gasteiger partial charge is 0.487 e. The van der Waals surface area contributed by atoms with Crippen molar-refractivity contribution in [3.05, 3.63) is 64.5 Å². The van der Waals surface area contributed by atoms with E-state index >= 15 is 0 Å². The van der Waals surface area contributed by atoms with E-state index in [0.29, 0.717) is 63.5 Å². The molecule has 1 atom stereocenters. The lowest BCUT2D eigenvalue weighted by Crippen LogP contribution is -2.43. The van der Waals surface area contributed by atoms with E-state index < -0.39 is 21.7 Å². The molecule has 2 N–H and O–H groups in total. The Hall–Kier alpha value is -3.09. The van der Waals surface area contributed by atoms with Crippen LogP contribution in [0.5, 0.6) is 5.75 Å². The second-order valence-electron chi connectivity index (χ2n) is 10.9. The maximum absolute atomic E-state index is 14.2. The topological polar surface area (TPSA) is 110 Å². The van der Waals surface area contributed by atoms with Gasteiger partial charge in [-0.15, -0.1) is 0 Å². The van der Waals surface area contributed by atoms with Crippen molar-refractivity contribution in [2.24, 2.45) is 15.7 Å². The average Bonchev–Trinajstić information content (AvgIpc) is 3.01. The maximum Gasteiger partial charge on any atom is 0.214 e. The second kappa shape index (κ2) is 15.1. The van der Waals surface area contributed by atoms with Crippen molar-refractivity contribution in [3.63, 3.8) is 0 Å². The first kappa shape index (κ1) is 32.8. The van der Waals surface area contributed by atoms with Crippen molar-refractivity contribution >= 4 is 22.1 Å². The van der Waals surface area contributed by atoms with Crippen molar-refractivity contribution in [2.75, 3.05) is 38.5 Å². The van der Waals surface area contributed by atoms with Crippen LogP contribution in [0.2, 0.25) is 0 Å².